The quantitative estimate of drug-likeness (QED) is 0.761. The Kier molecular flexibility index (Phi) is 5.29. The van der Waals surface area contributed by atoms with Crippen LogP contribution < -0.4 is 10.6 Å². The summed E-state index contributed by atoms with van der Waals surface area (Å²) in [5.41, 5.74) is 1.44. The van der Waals surface area contributed by atoms with Crippen molar-refractivity contribution in [3.05, 3.63) is 65.5 Å². The molecule has 0 aliphatic heterocycles. The highest BCUT2D eigenvalue weighted by atomic mass is 19.1. The van der Waals surface area contributed by atoms with Gasteiger partial charge in [0.1, 0.15) is 11.6 Å². The van der Waals surface area contributed by atoms with Gasteiger partial charge in [0, 0.05) is 18.7 Å². The number of phenolic OH excluding ortho intramolecular Hbond substituents is 1. The van der Waals surface area contributed by atoms with Gasteiger partial charge in [-0.1, -0.05) is 30.3 Å². The van der Waals surface area contributed by atoms with Gasteiger partial charge in [0.25, 0.3) is 0 Å². The summed E-state index contributed by atoms with van der Waals surface area (Å²) in [6.07, 6.45) is 0. The molecule has 0 saturated heterocycles. The number of amides is 1. The molecule has 0 fully saturated rings. The van der Waals surface area contributed by atoms with Crippen LogP contribution in [0.1, 0.15) is 11.1 Å². The number of benzene rings is 2. The van der Waals surface area contributed by atoms with Gasteiger partial charge in [-0.05, 0) is 23.8 Å². The van der Waals surface area contributed by atoms with E-state index in [9.17, 15) is 14.3 Å². The lowest BCUT2D eigenvalue weighted by Crippen LogP contribution is -2.33. The van der Waals surface area contributed by atoms with Gasteiger partial charge in [0.15, 0.2) is 0 Å². The lowest BCUT2D eigenvalue weighted by molar-refractivity contribution is -0.120. The Hall–Kier alpha value is -2.40. The maximum atomic E-state index is 13.0. The zero-order valence-electron chi connectivity index (χ0n) is 11.5. The summed E-state index contributed by atoms with van der Waals surface area (Å²) >= 11 is 0. The number of halogens is 1. The highest BCUT2D eigenvalue weighted by Crippen LogP contribution is 2.17. The lowest BCUT2D eigenvalue weighted by Gasteiger charge is -2.08. The van der Waals surface area contributed by atoms with Crippen molar-refractivity contribution in [1.82, 2.24) is 10.6 Å². The Morgan fingerprint density at radius 3 is 2.62 bits per heavy atom. The first-order valence-electron chi connectivity index (χ1n) is 6.64. The van der Waals surface area contributed by atoms with Gasteiger partial charge in [0.05, 0.1) is 6.54 Å². The molecule has 0 bridgehead atoms. The van der Waals surface area contributed by atoms with Gasteiger partial charge >= 0.3 is 0 Å². The van der Waals surface area contributed by atoms with Crippen LogP contribution in [-0.2, 0) is 17.9 Å². The van der Waals surface area contributed by atoms with E-state index in [-0.39, 0.29) is 24.7 Å². The molecule has 0 unspecified atom stereocenters. The largest absolute Gasteiger partial charge is 0.508 e. The molecular formula is C16H17FN2O2. The van der Waals surface area contributed by atoms with Crippen molar-refractivity contribution in [3.8, 4) is 5.75 Å². The zero-order chi connectivity index (χ0) is 15.1. The number of hydrogen-bond acceptors (Lipinski definition) is 3. The predicted molar refractivity (Wildman–Crippen MR) is 78.1 cm³/mol. The minimum atomic E-state index is -0.418. The third kappa shape index (κ3) is 4.89. The molecule has 0 atom stereocenters. The number of nitrogens with one attached hydrogen (secondary N) is 2. The summed E-state index contributed by atoms with van der Waals surface area (Å²) in [6.45, 7) is 0.789. The van der Waals surface area contributed by atoms with Gasteiger partial charge in [-0.2, -0.15) is 0 Å². The summed E-state index contributed by atoms with van der Waals surface area (Å²) < 4.78 is 13.0. The molecule has 3 N–H and O–H groups in total. The molecule has 0 spiro atoms. The van der Waals surface area contributed by atoms with E-state index in [1.54, 1.807) is 0 Å². The Morgan fingerprint density at radius 2 is 1.86 bits per heavy atom. The molecule has 2 rings (SSSR count). The highest BCUT2D eigenvalue weighted by Gasteiger charge is 2.05. The summed E-state index contributed by atoms with van der Waals surface area (Å²) in [7, 11) is 0. The van der Waals surface area contributed by atoms with E-state index in [1.807, 2.05) is 30.3 Å². The van der Waals surface area contributed by atoms with Crippen LogP contribution in [0.25, 0.3) is 0 Å². The third-order valence-corrected chi connectivity index (χ3v) is 2.98. The Balaban J connectivity index is 1.73. The number of carbonyl (C=O) groups excluding carboxylic acids is 1. The predicted octanol–water partition coefficient (Wildman–Crippen LogP) is 1.94. The van der Waals surface area contributed by atoms with Crippen LogP contribution >= 0.6 is 0 Å². The second-order valence-electron chi connectivity index (χ2n) is 4.64. The van der Waals surface area contributed by atoms with Crippen LogP contribution in [0.3, 0.4) is 0 Å². The van der Waals surface area contributed by atoms with Crippen molar-refractivity contribution in [2.45, 2.75) is 13.1 Å². The fourth-order valence-corrected chi connectivity index (χ4v) is 1.87. The maximum Gasteiger partial charge on any atom is 0.234 e. The lowest BCUT2D eigenvalue weighted by atomic mass is 10.2. The number of hydrogen-bond donors (Lipinski definition) is 3. The average Bonchev–Trinajstić information content (AvgIpc) is 2.50. The highest BCUT2D eigenvalue weighted by molar-refractivity contribution is 5.77. The molecule has 0 heterocycles. The van der Waals surface area contributed by atoms with Crippen molar-refractivity contribution in [3.63, 3.8) is 0 Å². The number of rotatable bonds is 6. The zero-order valence-corrected chi connectivity index (χ0v) is 11.5. The smallest absolute Gasteiger partial charge is 0.234 e. The summed E-state index contributed by atoms with van der Waals surface area (Å²) in [5.74, 6) is -0.568. The van der Waals surface area contributed by atoms with Gasteiger partial charge in [-0.15, -0.1) is 0 Å². The van der Waals surface area contributed by atoms with Crippen LogP contribution in [-0.4, -0.2) is 17.6 Å². The monoisotopic (exact) mass is 288 g/mol. The molecule has 0 aliphatic rings. The number of carbonyl (C=O) groups is 1. The summed E-state index contributed by atoms with van der Waals surface area (Å²) in [6, 6.07) is 13.3. The van der Waals surface area contributed by atoms with E-state index in [4.69, 9.17) is 0 Å². The van der Waals surface area contributed by atoms with Gasteiger partial charge in [-0.3, -0.25) is 4.79 Å². The van der Waals surface area contributed by atoms with E-state index >= 15 is 0 Å². The van der Waals surface area contributed by atoms with Crippen molar-refractivity contribution < 1.29 is 14.3 Å². The molecule has 0 radical (unpaired) electrons. The van der Waals surface area contributed by atoms with Crippen LogP contribution in [0, 0.1) is 5.82 Å². The molecule has 0 aliphatic carbocycles. The normalized spacial score (nSPS) is 10.3. The second kappa shape index (κ2) is 7.40. The molecule has 4 nitrogen and oxygen atoms in total. The number of aromatic hydroxyl groups is 1. The van der Waals surface area contributed by atoms with Crippen molar-refractivity contribution in [1.29, 1.82) is 0 Å². The summed E-state index contributed by atoms with van der Waals surface area (Å²) in [4.78, 5) is 11.6. The standard InChI is InChI=1S/C16H17FN2O2/c17-14-6-7-15(20)13(8-14)10-18-11-16(21)19-9-12-4-2-1-3-5-12/h1-8,18,20H,9-11H2,(H,19,21). The molecule has 5 heteroatoms. The van der Waals surface area contributed by atoms with Crippen LogP contribution in [0.15, 0.2) is 48.5 Å². The van der Waals surface area contributed by atoms with Gasteiger partial charge in [0.2, 0.25) is 5.91 Å². The van der Waals surface area contributed by atoms with E-state index < -0.39 is 5.82 Å². The maximum absolute atomic E-state index is 13.0. The average molecular weight is 288 g/mol. The van der Waals surface area contributed by atoms with E-state index in [1.165, 1.54) is 18.2 Å². The molecule has 110 valence electrons. The Labute approximate surface area is 122 Å². The molecule has 0 aromatic heterocycles. The SMILES string of the molecule is O=C(CNCc1cc(F)ccc1O)NCc1ccccc1. The first-order valence-corrected chi connectivity index (χ1v) is 6.64. The molecule has 2 aromatic carbocycles. The van der Waals surface area contributed by atoms with Crippen molar-refractivity contribution >= 4 is 5.91 Å². The molecular weight excluding hydrogens is 271 g/mol. The van der Waals surface area contributed by atoms with E-state index in [0.717, 1.165) is 5.56 Å². The second-order valence-corrected chi connectivity index (χ2v) is 4.64. The van der Waals surface area contributed by atoms with Crippen LogP contribution in [0.5, 0.6) is 5.75 Å². The number of phenols is 1. The van der Waals surface area contributed by atoms with Gasteiger partial charge < -0.3 is 15.7 Å². The van der Waals surface area contributed by atoms with Crippen molar-refractivity contribution in [2.75, 3.05) is 6.54 Å². The van der Waals surface area contributed by atoms with E-state index in [0.29, 0.717) is 12.1 Å². The molecule has 1 amide bonds. The Morgan fingerprint density at radius 1 is 1.10 bits per heavy atom. The first kappa shape index (κ1) is 15.0. The molecule has 0 saturated carbocycles. The Bertz CT molecular complexity index is 602. The van der Waals surface area contributed by atoms with Crippen LogP contribution in [0.2, 0.25) is 0 Å². The third-order valence-electron chi connectivity index (χ3n) is 2.98. The first-order chi connectivity index (χ1) is 10.1. The summed E-state index contributed by atoms with van der Waals surface area (Å²) in [5, 5.41) is 15.2. The fourth-order valence-electron chi connectivity index (χ4n) is 1.87. The van der Waals surface area contributed by atoms with Gasteiger partial charge in [-0.25, -0.2) is 4.39 Å². The van der Waals surface area contributed by atoms with Crippen molar-refractivity contribution in [2.24, 2.45) is 0 Å². The molecule has 2 aromatic rings. The minimum absolute atomic E-state index is 0.00796. The topological polar surface area (TPSA) is 61.4 Å². The fraction of sp³-hybridized carbons (Fsp3) is 0.188. The minimum Gasteiger partial charge on any atom is -0.508 e. The van der Waals surface area contributed by atoms with Crippen LogP contribution in [0.4, 0.5) is 4.39 Å². The molecule has 21 heavy (non-hydrogen) atoms. The van der Waals surface area contributed by atoms with E-state index in [2.05, 4.69) is 10.6 Å².